The van der Waals surface area contributed by atoms with Gasteiger partial charge < -0.3 is 15.4 Å². The zero-order valence-corrected chi connectivity index (χ0v) is 11.3. The third-order valence-corrected chi connectivity index (χ3v) is 2.54. The Bertz CT molecular complexity index is 516. The van der Waals surface area contributed by atoms with Gasteiger partial charge in [-0.05, 0) is 12.1 Å². The summed E-state index contributed by atoms with van der Waals surface area (Å²) in [4.78, 5) is 33.7. The van der Waals surface area contributed by atoms with E-state index >= 15 is 0 Å². The van der Waals surface area contributed by atoms with Gasteiger partial charge in [-0.3, -0.25) is 9.59 Å². The highest BCUT2D eigenvalue weighted by Crippen LogP contribution is 2.19. The SMILES string of the molecule is CNC(=O)CNC(=O)COC(=O)c1c(F)cccc1Cl. The van der Waals surface area contributed by atoms with Gasteiger partial charge in [-0.15, -0.1) is 0 Å². The topological polar surface area (TPSA) is 84.5 Å². The van der Waals surface area contributed by atoms with Crippen LogP contribution in [0, 0.1) is 5.82 Å². The van der Waals surface area contributed by atoms with E-state index in [1.54, 1.807) is 0 Å². The summed E-state index contributed by atoms with van der Waals surface area (Å²) < 4.78 is 18.0. The lowest BCUT2D eigenvalue weighted by molar-refractivity contribution is -0.127. The monoisotopic (exact) mass is 302 g/mol. The molecule has 1 rings (SSSR count). The van der Waals surface area contributed by atoms with Gasteiger partial charge in [-0.25, -0.2) is 9.18 Å². The summed E-state index contributed by atoms with van der Waals surface area (Å²) in [5.74, 6) is -2.98. The molecule has 0 aliphatic carbocycles. The molecule has 2 amide bonds. The second-order valence-corrected chi connectivity index (χ2v) is 4.03. The van der Waals surface area contributed by atoms with E-state index in [9.17, 15) is 18.8 Å². The standard InChI is InChI=1S/C12H12ClFN2O4/c1-15-9(17)5-16-10(18)6-20-12(19)11-7(13)3-2-4-8(11)14/h2-4H,5-6H2,1H3,(H,15,17)(H,16,18). The lowest BCUT2D eigenvalue weighted by Gasteiger charge is -2.07. The Morgan fingerprint density at radius 2 is 2.00 bits per heavy atom. The van der Waals surface area contributed by atoms with Crippen molar-refractivity contribution < 1.29 is 23.5 Å². The average molecular weight is 303 g/mol. The van der Waals surface area contributed by atoms with Crippen molar-refractivity contribution in [1.82, 2.24) is 10.6 Å². The molecular weight excluding hydrogens is 291 g/mol. The van der Waals surface area contributed by atoms with Crippen molar-refractivity contribution in [3.63, 3.8) is 0 Å². The molecule has 20 heavy (non-hydrogen) atoms. The molecular formula is C12H12ClFN2O4. The molecule has 0 saturated carbocycles. The molecule has 1 aromatic rings. The van der Waals surface area contributed by atoms with Gasteiger partial charge in [0.2, 0.25) is 5.91 Å². The smallest absolute Gasteiger partial charge is 0.343 e. The molecule has 0 spiro atoms. The summed E-state index contributed by atoms with van der Waals surface area (Å²) in [6.07, 6.45) is 0. The van der Waals surface area contributed by atoms with Crippen LogP contribution < -0.4 is 10.6 Å². The van der Waals surface area contributed by atoms with Gasteiger partial charge in [0.1, 0.15) is 11.4 Å². The van der Waals surface area contributed by atoms with Crippen LogP contribution in [0.3, 0.4) is 0 Å². The molecule has 0 aromatic heterocycles. The number of likely N-dealkylation sites (N-methyl/N-ethyl adjacent to an activating group) is 1. The zero-order chi connectivity index (χ0) is 15.1. The highest BCUT2D eigenvalue weighted by atomic mass is 35.5. The number of benzene rings is 1. The van der Waals surface area contributed by atoms with Crippen LogP contribution in [-0.4, -0.2) is 38.0 Å². The lowest BCUT2D eigenvalue weighted by Crippen LogP contribution is -2.37. The number of nitrogens with one attached hydrogen (secondary N) is 2. The number of halogens is 2. The molecule has 8 heteroatoms. The number of carbonyl (C=O) groups is 3. The second-order valence-electron chi connectivity index (χ2n) is 3.62. The van der Waals surface area contributed by atoms with Gasteiger partial charge in [0.25, 0.3) is 5.91 Å². The maximum absolute atomic E-state index is 13.4. The Morgan fingerprint density at radius 1 is 1.30 bits per heavy atom. The first-order valence-corrected chi connectivity index (χ1v) is 5.92. The van der Waals surface area contributed by atoms with Gasteiger partial charge in [0, 0.05) is 7.05 Å². The minimum Gasteiger partial charge on any atom is -0.452 e. The molecule has 0 aliphatic rings. The molecule has 0 unspecified atom stereocenters. The summed E-state index contributed by atoms with van der Waals surface area (Å²) in [6.45, 7) is -0.881. The first-order valence-electron chi connectivity index (χ1n) is 5.54. The van der Waals surface area contributed by atoms with Gasteiger partial charge in [-0.2, -0.15) is 0 Å². The third-order valence-electron chi connectivity index (χ3n) is 2.23. The number of carbonyl (C=O) groups excluding carboxylic acids is 3. The van der Waals surface area contributed by atoms with Gasteiger partial charge in [0.05, 0.1) is 11.6 Å². The predicted molar refractivity (Wildman–Crippen MR) is 68.8 cm³/mol. The number of ether oxygens (including phenoxy) is 1. The molecule has 0 bridgehead atoms. The molecule has 0 heterocycles. The van der Waals surface area contributed by atoms with Gasteiger partial charge in [-0.1, -0.05) is 17.7 Å². The number of esters is 1. The summed E-state index contributed by atoms with van der Waals surface area (Å²) in [5.41, 5.74) is -0.437. The predicted octanol–water partition coefficient (Wildman–Crippen LogP) is 0.498. The number of hydrogen-bond donors (Lipinski definition) is 2. The highest BCUT2D eigenvalue weighted by Gasteiger charge is 2.18. The second kappa shape index (κ2) is 7.44. The van der Waals surface area contributed by atoms with Crippen LogP contribution in [0.25, 0.3) is 0 Å². The minimum atomic E-state index is -1.05. The Labute approximate surface area is 119 Å². The summed E-state index contributed by atoms with van der Waals surface area (Å²) >= 11 is 5.67. The number of amides is 2. The van der Waals surface area contributed by atoms with Gasteiger partial charge >= 0.3 is 5.97 Å². The normalized spacial score (nSPS) is 9.75. The van der Waals surface area contributed by atoms with Crippen molar-refractivity contribution in [2.24, 2.45) is 0 Å². The fourth-order valence-corrected chi connectivity index (χ4v) is 1.45. The van der Waals surface area contributed by atoms with E-state index in [1.165, 1.54) is 19.2 Å². The molecule has 1 aromatic carbocycles. The van der Waals surface area contributed by atoms with Crippen molar-refractivity contribution in [1.29, 1.82) is 0 Å². The molecule has 2 N–H and O–H groups in total. The molecule has 108 valence electrons. The Hall–Kier alpha value is -2.15. The van der Waals surface area contributed by atoms with Crippen molar-refractivity contribution in [3.05, 3.63) is 34.6 Å². The van der Waals surface area contributed by atoms with Crippen LogP contribution in [0.4, 0.5) is 4.39 Å². The van der Waals surface area contributed by atoms with E-state index < -0.39 is 35.8 Å². The van der Waals surface area contributed by atoms with E-state index in [0.29, 0.717) is 0 Å². The van der Waals surface area contributed by atoms with E-state index in [0.717, 1.165) is 6.07 Å². The number of rotatable bonds is 5. The molecule has 6 nitrogen and oxygen atoms in total. The zero-order valence-electron chi connectivity index (χ0n) is 10.5. The van der Waals surface area contributed by atoms with Crippen LogP contribution in [-0.2, 0) is 14.3 Å². The molecule has 0 fully saturated rings. The van der Waals surface area contributed by atoms with Crippen molar-refractivity contribution in [3.8, 4) is 0 Å². The van der Waals surface area contributed by atoms with Crippen molar-refractivity contribution >= 4 is 29.4 Å². The third kappa shape index (κ3) is 4.51. The van der Waals surface area contributed by atoms with Crippen LogP contribution in [0.5, 0.6) is 0 Å². The molecule has 0 saturated heterocycles. The highest BCUT2D eigenvalue weighted by molar-refractivity contribution is 6.33. The van der Waals surface area contributed by atoms with Crippen LogP contribution >= 0.6 is 11.6 Å². The quantitative estimate of drug-likeness (QED) is 0.776. The molecule has 0 aliphatic heterocycles. The first-order chi connectivity index (χ1) is 9.45. The van der Waals surface area contributed by atoms with Gasteiger partial charge in [0.15, 0.2) is 6.61 Å². The maximum Gasteiger partial charge on any atom is 0.343 e. The van der Waals surface area contributed by atoms with Crippen LogP contribution in [0.15, 0.2) is 18.2 Å². The fourth-order valence-electron chi connectivity index (χ4n) is 1.21. The Balaban J connectivity index is 2.51. The molecule has 0 radical (unpaired) electrons. The summed E-state index contributed by atoms with van der Waals surface area (Å²) in [6, 6.07) is 3.71. The fraction of sp³-hybridized carbons (Fsp3) is 0.250. The van der Waals surface area contributed by atoms with Crippen LogP contribution in [0.1, 0.15) is 10.4 Å². The first kappa shape index (κ1) is 15.9. The summed E-state index contributed by atoms with van der Waals surface area (Å²) in [5, 5.41) is 4.40. The molecule has 0 atom stereocenters. The Morgan fingerprint density at radius 3 is 2.60 bits per heavy atom. The van der Waals surface area contributed by atoms with Crippen molar-refractivity contribution in [2.75, 3.05) is 20.2 Å². The van der Waals surface area contributed by atoms with E-state index in [4.69, 9.17) is 11.6 Å². The largest absolute Gasteiger partial charge is 0.452 e. The average Bonchev–Trinajstić information content (AvgIpc) is 2.42. The van der Waals surface area contributed by atoms with E-state index in [1.807, 2.05) is 0 Å². The lowest BCUT2D eigenvalue weighted by atomic mass is 10.2. The Kier molecular flexibility index (Phi) is 5.92. The summed E-state index contributed by atoms with van der Waals surface area (Å²) in [7, 11) is 1.41. The van der Waals surface area contributed by atoms with Crippen LogP contribution in [0.2, 0.25) is 5.02 Å². The van der Waals surface area contributed by atoms with E-state index in [2.05, 4.69) is 15.4 Å². The minimum absolute atomic E-state index is 0.110. The number of hydrogen-bond acceptors (Lipinski definition) is 4. The van der Waals surface area contributed by atoms with E-state index in [-0.39, 0.29) is 11.6 Å². The maximum atomic E-state index is 13.4. The van der Waals surface area contributed by atoms with Crippen molar-refractivity contribution in [2.45, 2.75) is 0 Å².